The van der Waals surface area contributed by atoms with E-state index in [1.54, 1.807) is 0 Å². The van der Waals surface area contributed by atoms with Crippen molar-refractivity contribution in [3.63, 3.8) is 0 Å². The van der Waals surface area contributed by atoms with Crippen LogP contribution in [0.5, 0.6) is 0 Å². The summed E-state index contributed by atoms with van der Waals surface area (Å²) in [6.45, 7) is 0. The minimum absolute atomic E-state index is 0.0260. The van der Waals surface area contributed by atoms with Gasteiger partial charge < -0.3 is 9.72 Å². The zero-order valence-electron chi connectivity index (χ0n) is 11.6. The number of anilines is 1. The molecule has 0 aliphatic heterocycles. The van der Waals surface area contributed by atoms with Crippen LogP contribution in [-0.4, -0.2) is 9.38 Å². The van der Waals surface area contributed by atoms with Gasteiger partial charge in [-0.15, -0.1) is 0 Å². The number of hydrogen-bond acceptors (Lipinski definition) is 4. The summed E-state index contributed by atoms with van der Waals surface area (Å²) < 4.78 is 1.96. The molecule has 3 aromatic rings. The molecule has 0 spiro atoms. The van der Waals surface area contributed by atoms with Gasteiger partial charge in [0.2, 0.25) is 0 Å². The van der Waals surface area contributed by atoms with Crippen molar-refractivity contribution < 1.29 is 0 Å². The molecule has 1 N–H and O–H groups in total. The summed E-state index contributed by atoms with van der Waals surface area (Å²) in [6, 6.07) is 17.1. The molecule has 0 aliphatic carbocycles. The van der Waals surface area contributed by atoms with Gasteiger partial charge in [-0.1, -0.05) is 18.2 Å². The van der Waals surface area contributed by atoms with Gasteiger partial charge in [-0.05, 0) is 24.3 Å². The number of imidazole rings is 1. The second-order valence-electron chi connectivity index (χ2n) is 4.60. The molecule has 104 valence electrons. The second-order valence-corrected chi connectivity index (χ2v) is 4.60. The summed E-state index contributed by atoms with van der Waals surface area (Å²) in [5, 5.41) is 20.4. The van der Waals surface area contributed by atoms with E-state index >= 15 is 0 Å². The highest BCUT2D eigenvalue weighted by atomic mass is 15.0. The number of fused-ring (bicyclic) bond motifs is 1. The highest BCUT2D eigenvalue weighted by molar-refractivity contribution is 5.67. The number of nitriles is 2. The Balaban J connectivity index is 1.93. The number of nitrogens with one attached hydrogen (secondary N) is 1. The zero-order chi connectivity index (χ0) is 15.4. The summed E-state index contributed by atoms with van der Waals surface area (Å²) in [7, 11) is 0. The third-order valence-corrected chi connectivity index (χ3v) is 3.15. The largest absolute Gasteiger partial charge is 0.360 e. The van der Waals surface area contributed by atoms with Gasteiger partial charge in [-0.25, -0.2) is 4.98 Å². The predicted octanol–water partition coefficient (Wildman–Crippen LogP) is 3.34. The van der Waals surface area contributed by atoms with Crippen LogP contribution in [0.4, 0.5) is 5.69 Å². The van der Waals surface area contributed by atoms with Crippen LogP contribution < -0.4 is 5.32 Å². The van der Waals surface area contributed by atoms with Crippen LogP contribution in [0, 0.1) is 22.7 Å². The molecular weight excluding hydrogens is 274 g/mol. The van der Waals surface area contributed by atoms with Crippen molar-refractivity contribution in [2.24, 2.45) is 0 Å². The highest BCUT2D eigenvalue weighted by Crippen LogP contribution is 2.22. The smallest absolute Gasteiger partial charge is 0.145 e. The van der Waals surface area contributed by atoms with Crippen LogP contribution in [-0.2, 0) is 0 Å². The lowest BCUT2D eigenvalue weighted by Crippen LogP contribution is -1.90. The lowest BCUT2D eigenvalue weighted by atomic mass is 10.1. The van der Waals surface area contributed by atoms with Crippen LogP contribution in [0.3, 0.4) is 0 Å². The van der Waals surface area contributed by atoms with Gasteiger partial charge in [-0.3, -0.25) is 0 Å². The summed E-state index contributed by atoms with van der Waals surface area (Å²) in [5.74, 6) is 0. The molecule has 22 heavy (non-hydrogen) atoms. The van der Waals surface area contributed by atoms with E-state index in [9.17, 15) is 0 Å². The van der Waals surface area contributed by atoms with Crippen molar-refractivity contribution in [1.82, 2.24) is 9.38 Å². The molecule has 0 radical (unpaired) electrons. The van der Waals surface area contributed by atoms with E-state index in [2.05, 4.69) is 10.3 Å². The number of benzene rings is 1. The summed E-state index contributed by atoms with van der Waals surface area (Å²) in [6.07, 6.45) is 5.30. The maximum Gasteiger partial charge on any atom is 0.145 e. The van der Waals surface area contributed by atoms with Crippen molar-refractivity contribution in [3.8, 4) is 23.4 Å². The van der Waals surface area contributed by atoms with Gasteiger partial charge in [0, 0.05) is 29.8 Å². The van der Waals surface area contributed by atoms with Gasteiger partial charge in [0.25, 0.3) is 0 Å². The molecule has 2 heterocycles. The van der Waals surface area contributed by atoms with E-state index in [4.69, 9.17) is 10.5 Å². The lowest BCUT2D eigenvalue weighted by Gasteiger charge is -2.02. The van der Waals surface area contributed by atoms with E-state index in [-0.39, 0.29) is 5.57 Å². The van der Waals surface area contributed by atoms with Gasteiger partial charge >= 0.3 is 0 Å². The van der Waals surface area contributed by atoms with Gasteiger partial charge in [0.05, 0.1) is 5.69 Å². The number of rotatable bonds is 3. The Hall–Kier alpha value is -3.57. The number of nitrogens with zero attached hydrogens (tertiary/aromatic N) is 4. The molecule has 0 saturated heterocycles. The third-order valence-electron chi connectivity index (χ3n) is 3.15. The fourth-order valence-corrected chi connectivity index (χ4v) is 2.09. The van der Waals surface area contributed by atoms with Crippen LogP contribution in [0.25, 0.3) is 16.9 Å². The molecule has 1 aromatic carbocycles. The molecule has 2 aromatic heterocycles. The lowest BCUT2D eigenvalue weighted by molar-refractivity contribution is 1.19. The predicted molar refractivity (Wildman–Crippen MR) is 83.6 cm³/mol. The van der Waals surface area contributed by atoms with E-state index in [1.165, 1.54) is 6.20 Å². The highest BCUT2D eigenvalue weighted by Gasteiger charge is 2.04. The van der Waals surface area contributed by atoms with Crippen molar-refractivity contribution >= 4 is 11.3 Å². The van der Waals surface area contributed by atoms with Gasteiger partial charge in [-0.2, -0.15) is 10.5 Å². The topological polar surface area (TPSA) is 76.9 Å². The first-order chi connectivity index (χ1) is 10.8. The van der Waals surface area contributed by atoms with E-state index in [0.717, 1.165) is 22.6 Å². The van der Waals surface area contributed by atoms with Gasteiger partial charge in [0.1, 0.15) is 23.4 Å². The molecule has 0 unspecified atom stereocenters. The van der Waals surface area contributed by atoms with Crippen molar-refractivity contribution in [3.05, 3.63) is 66.6 Å². The summed E-state index contributed by atoms with van der Waals surface area (Å²) in [4.78, 5) is 4.57. The average Bonchev–Trinajstić information content (AvgIpc) is 3.00. The molecule has 0 bridgehead atoms. The first-order valence-corrected chi connectivity index (χ1v) is 6.61. The Labute approximate surface area is 127 Å². The van der Waals surface area contributed by atoms with Crippen molar-refractivity contribution in [2.75, 3.05) is 5.32 Å². The van der Waals surface area contributed by atoms with Gasteiger partial charge in [0.15, 0.2) is 0 Å². The molecule has 5 heteroatoms. The maximum absolute atomic E-state index is 8.72. The first-order valence-electron chi connectivity index (χ1n) is 6.61. The number of allylic oxidation sites excluding steroid dienone is 1. The van der Waals surface area contributed by atoms with Crippen LogP contribution in [0.15, 0.2) is 66.6 Å². The number of hydrogen-bond donors (Lipinski definition) is 1. The molecule has 0 saturated carbocycles. The molecule has 5 nitrogen and oxygen atoms in total. The SMILES string of the molecule is N#CC(C#N)=CNc1cccc(-c2cn3ccccc3n2)c1. The standard InChI is InChI=1S/C17H11N5/c18-9-13(10-19)11-20-15-5-3-4-14(8-15)16-12-22-7-2-1-6-17(22)21-16/h1-8,11-12,20H. The summed E-state index contributed by atoms with van der Waals surface area (Å²) >= 11 is 0. The Morgan fingerprint density at radius 3 is 2.77 bits per heavy atom. The minimum atomic E-state index is 0.0260. The zero-order valence-corrected chi connectivity index (χ0v) is 11.6. The van der Waals surface area contributed by atoms with E-state index in [0.29, 0.717) is 0 Å². The molecule has 3 rings (SSSR count). The Morgan fingerprint density at radius 2 is 2.00 bits per heavy atom. The molecular formula is C17H11N5. The van der Waals surface area contributed by atoms with Crippen LogP contribution >= 0.6 is 0 Å². The first kappa shape index (κ1) is 13.4. The second kappa shape index (κ2) is 5.82. The number of aromatic nitrogens is 2. The Bertz CT molecular complexity index is 888. The summed E-state index contributed by atoms with van der Waals surface area (Å²) in [5.41, 5.74) is 3.51. The minimum Gasteiger partial charge on any atom is -0.360 e. The van der Waals surface area contributed by atoms with E-state index < -0.39 is 0 Å². The maximum atomic E-state index is 8.72. The molecule has 0 fully saturated rings. The van der Waals surface area contributed by atoms with Crippen LogP contribution in [0.2, 0.25) is 0 Å². The average molecular weight is 285 g/mol. The number of pyridine rings is 1. The molecule has 0 aliphatic rings. The van der Waals surface area contributed by atoms with Crippen LogP contribution in [0.1, 0.15) is 0 Å². The quantitative estimate of drug-likeness (QED) is 0.749. The fraction of sp³-hybridized carbons (Fsp3) is 0. The Kier molecular flexibility index (Phi) is 3.55. The monoisotopic (exact) mass is 285 g/mol. The fourth-order valence-electron chi connectivity index (χ4n) is 2.09. The van der Waals surface area contributed by atoms with Crippen molar-refractivity contribution in [2.45, 2.75) is 0 Å². The third kappa shape index (κ3) is 2.65. The molecule has 0 amide bonds. The van der Waals surface area contributed by atoms with Crippen molar-refractivity contribution in [1.29, 1.82) is 10.5 Å². The Morgan fingerprint density at radius 1 is 1.14 bits per heavy atom. The van der Waals surface area contributed by atoms with E-state index in [1.807, 2.05) is 71.4 Å². The molecule has 0 atom stereocenters. The normalized spacial score (nSPS) is 9.73.